The van der Waals surface area contributed by atoms with E-state index in [9.17, 15) is 4.79 Å². The van der Waals surface area contributed by atoms with Gasteiger partial charge < -0.3 is 14.0 Å². The van der Waals surface area contributed by atoms with Gasteiger partial charge in [0.2, 0.25) is 0 Å². The van der Waals surface area contributed by atoms with Crippen molar-refractivity contribution >= 4 is 5.91 Å². The van der Waals surface area contributed by atoms with Crippen LogP contribution < -0.4 is 0 Å². The molecule has 3 aromatic rings. The van der Waals surface area contributed by atoms with E-state index in [1.807, 2.05) is 38.3 Å². The van der Waals surface area contributed by atoms with Crippen LogP contribution in [0.1, 0.15) is 46.3 Å². The number of aromatic nitrogens is 5. The van der Waals surface area contributed by atoms with Gasteiger partial charge in [-0.3, -0.25) is 9.48 Å². The van der Waals surface area contributed by atoms with E-state index in [1.165, 1.54) is 5.69 Å². The Hall–Kier alpha value is -2.83. The van der Waals surface area contributed by atoms with Gasteiger partial charge in [-0.2, -0.15) is 5.10 Å². The van der Waals surface area contributed by atoms with Crippen LogP contribution in [0.25, 0.3) is 5.82 Å². The predicted octanol–water partition coefficient (Wildman–Crippen LogP) is 2.81. The van der Waals surface area contributed by atoms with Crippen molar-refractivity contribution in [1.82, 2.24) is 28.8 Å². The summed E-state index contributed by atoms with van der Waals surface area (Å²) in [6, 6.07) is 4.55. The fourth-order valence-electron chi connectivity index (χ4n) is 4.12. The SMILES string of the molecule is Cc1cncn1C1CCN(C(=O)c2cnn(C)c2-n2c(C)ccc2C)CC1. The van der Waals surface area contributed by atoms with Gasteiger partial charge in [-0.1, -0.05) is 0 Å². The van der Waals surface area contributed by atoms with Crippen LogP contribution in [0.3, 0.4) is 0 Å². The molecule has 0 saturated carbocycles. The number of piperidine rings is 1. The summed E-state index contributed by atoms with van der Waals surface area (Å²) in [4.78, 5) is 19.4. The molecule has 1 aliphatic heterocycles. The summed E-state index contributed by atoms with van der Waals surface area (Å²) in [6.45, 7) is 7.67. The number of hydrogen-bond acceptors (Lipinski definition) is 3. The molecule has 0 N–H and O–H groups in total. The lowest BCUT2D eigenvalue weighted by molar-refractivity contribution is 0.0694. The highest BCUT2D eigenvalue weighted by Gasteiger charge is 2.28. The van der Waals surface area contributed by atoms with E-state index in [0.717, 1.165) is 43.1 Å². The molecule has 0 atom stereocenters. The number of carbonyl (C=O) groups excluding carboxylic acids is 1. The molecule has 0 aromatic carbocycles. The van der Waals surface area contributed by atoms with Crippen LogP contribution in [-0.4, -0.2) is 47.8 Å². The van der Waals surface area contributed by atoms with E-state index >= 15 is 0 Å². The van der Waals surface area contributed by atoms with E-state index in [-0.39, 0.29) is 5.91 Å². The minimum absolute atomic E-state index is 0.0615. The highest BCUT2D eigenvalue weighted by molar-refractivity contribution is 5.97. The standard InChI is InChI=1S/C20H26N6O/c1-14-5-6-15(2)26(14)19-18(12-22-23(19)4)20(27)24-9-7-17(8-10-24)25-13-21-11-16(25)3/h5-6,11-13,17H,7-10H2,1-4H3. The van der Waals surface area contributed by atoms with Crippen LogP contribution >= 0.6 is 0 Å². The van der Waals surface area contributed by atoms with Gasteiger partial charge >= 0.3 is 0 Å². The van der Waals surface area contributed by atoms with Gasteiger partial charge in [-0.25, -0.2) is 4.98 Å². The molecule has 7 nitrogen and oxygen atoms in total. The lowest BCUT2D eigenvalue weighted by atomic mass is 10.0. The van der Waals surface area contributed by atoms with E-state index in [2.05, 4.69) is 38.3 Å². The third-order valence-corrected chi connectivity index (χ3v) is 5.63. The number of aryl methyl sites for hydroxylation is 4. The van der Waals surface area contributed by atoms with Gasteiger partial charge in [0.1, 0.15) is 11.4 Å². The van der Waals surface area contributed by atoms with Gasteiger partial charge in [0.05, 0.1) is 12.5 Å². The Morgan fingerprint density at radius 1 is 1.04 bits per heavy atom. The maximum atomic E-state index is 13.3. The van der Waals surface area contributed by atoms with E-state index in [4.69, 9.17) is 0 Å². The van der Waals surface area contributed by atoms with E-state index < -0.39 is 0 Å². The van der Waals surface area contributed by atoms with Crippen molar-refractivity contribution in [3.63, 3.8) is 0 Å². The number of amides is 1. The molecule has 0 spiro atoms. The van der Waals surface area contributed by atoms with Crippen molar-refractivity contribution in [1.29, 1.82) is 0 Å². The van der Waals surface area contributed by atoms with Crippen molar-refractivity contribution in [2.75, 3.05) is 13.1 Å². The van der Waals surface area contributed by atoms with Crippen molar-refractivity contribution in [2.45, 2.75) is 39.7 Å². The van der Waals surface area contributed by atoms with Crippen molar-refractivity contribution < 1.29 is 4.79 Å². The molecule has 0 bridgehead atoms. The molecule has 0 aliphatic carbocycles. The zero-order chi connectivity index (χ0) is 19.1. The maximum Gasteiger partial charge on any atom is 0.259 e. The van der Waals surface area contributed by atoms with Crippen LogP contribution in [0.4, 0.5) is 0 Å². The second-order valence-electron chi connectivity index (χ2n) is 7.42. The summed E-state index contributed by atoms with van der Waals surface area (Å²) >= 11 is 0. The minimum Gasteiger partial charge on any atom is -0.338 e. The fourth-order valence-corrected chi connectivity index (χ4v) is 4.12. The molecule has 27 heavy (non-hydrogen) atoms. The molecular formula is C20H26N6O. The first-order valence-corrected chi connectivity index (χ1v) is 9.42. The van der Waals surface area contributed by atoms with Crippen molar-refractivity contribution in [3.8, 4) is 5.82 Å². The van der Waals surface area contributed by atoms with Gasteiger partial charge in [-0.05, 0) is 45.7 Å². The minimum atomic E-state index is 0.0615. The van der Waals surface area contributed by atoms with Crippen LogP contribution in [0, 0.1) is 20.8 Å². The molecule has 142 valence electrons. The summed E-state index contributed by atoms with van der Waals surface area (Å²) in [7, 11) is 1.89. The number of likely N-dealkylation sites (tertiary alicyclic amines) is 1. The number of carbonyl (C=O) groups is 1. The highest BCUT2D eigenvalue weighted by Crippen LogP contribution is 2.27. The van der Waals surface area contributed by atoms with Gasteiger partial charge in [0.25, 0.3) is 5.91 Å². The number of rotatable bonds is 3. The average molecular weight is 366 g/mol. The first kappa shape index (κ1) is 17.6. The van der Waals surface area contributed by atoms with Crippen LogP contribution in [0.2, 0.25) is 0 Å². The lowest BCUT2D eigenvalue weighted by Gasteiger charge is -2.33. The summed E-state index contributed by atoms with van der Waals surface area (Å²) in [6.07, 6.45) is 7.37. The Morgan fingerprint density at radius 2 is 1.70 bits per heavy atom. The van der Waals surface area contributed by atoms with Crippen LogP contribution in [0.5, 0.6) is 0 Å². The van der Waals surface area contributed by atoms with Crippen LogP contribution in [-0.2, 0) is 7.05 Å². The van der Waals surface area contributed by atoms with Crippen molar-refractivity contribution in [3.05, 3.63) is 53.5 Å². The second-order valence-corrected chi connectivity index (χ2v) is 7.42. The predicted molar refractivity (Wildman–Crippen MR) is 103 cm³/mol. The monoisotopic (exact) mass is 366 g/mol. The quantitative estimate of drug-likeness (QED) is 0.716. The Morgan fingerprint density at radius 3 is 2.30 bits per heavy atom. The normalized spacial score (nSPS) is 15.5. The highest BCUT2D eigenvalue weighted by atomic mass is 16.2. The number of nitrogens with zero attached hydrogens (tertiary/aromatic N) is 6. The lowest BCUT2D eigenvalue weighted by Crippen LogP contribution is -2.39. The van der Waals surface area contributed by atoms with Gasteiger partial charge in [0.15, 0.2) is 0 Å². The smallest absolute Gasteiger partial charge is 0.259 e. The summed E-state index contributed by atoms with van der Waals surface area (Å²) in [5.74, 6) is 0.902. The Kier molecular flexibility index (Phi) is 4.37. The number of hydrogen-bond donors (Lipinski definition) is 0. The molecule has 3 aromatic heterocycles. The van der Waals surface area contributed by atoms with E-state index in [1.54, 1.807) is 10.9 Å². The van der Waals surface area contributed by atoms with E-state index in [0.29, 0.717) is 11.6 Å². The Balaban J connectivity index is 1.56. The molecule has 1 saturated heterocycles. The Labute approximate surface area is 159 Å². The fraction of sp³-hybridized carbons (Fsp3) is 0.450. The largest absolute Gasteiger partial charge is 0.338 e. The zero-order valence-electron chi connectivity index (χ0n) is 16.4. The molecule has 4 rings (SSSR count). The molecule has 0 radical (unpaired) electrons. The first-order chi connectivity index (χ1) is 13.0. The number of imidazole rings is 1. The average Bonchev–Trinajstić information content (AvgIpc) is 3.34. The molecule has 0 unspecified atom stereocenters. The maximum absolute atomic E-state index is 13.3. The first-order valence-electron chi connectivity index (χ1n) is 9.42. The van der Waals surface area contributed by atoms with Gasteiger partial charge in [-0.15, -0.1) is 0 Å². The third kappa shape index (κ3) is 2.97. The molecular weight excluding hydrogens is 340 g/mol. The van der Waals surface area contributed by atoms with Crippen LogP contribution in [0.15, 0.2) is 30.9 Å². The summed E-state index contributed by atoms with van der Waals surface area (Å²) < 4.78 is 6.11. The zero-order valence-corrected chi connectivity index (χ0v) is 16.4. The summed E-state index contributed by atoms with van der Waals surface area (Å²) in [5.41, 5.74) is 4.03. The van der Waals surface area contributed by atoms with Gasteiger partial charge in [0, 0.05) is 49.5 Å². The summed E-state index contributed by atoms with van der Waals surface area (Å²) in [5, 5.41) is 4.37. The molecule has 1 amide bonds. The molecule has 7 heteroatoms. The topological polar surface area (TPSA) is 60.9 Å². The third-order valence-electron chi connectivity index (χ3n) is 5.63. The molecule has 1 fully saturated rings. The Bertz CT molecular complexity index is 951. The van der Waals surface area contributed by atoms with Crippen molar-refractivity contribution in [2.24, 2.45) is 7.05 Å². The second kappa shape index (κ2) is 6.72. The molecule has 1 aliphatic rings. The molecule has 4 heterocycles.